The molecule has 0 unspecified atom stereocenters. The summed E-state index contributed by atoms with van der Waals surface area (Å²) in [5.41, 5.74) is 0. The molecule has 0 radical (unpaired) electrons. The lowest BCUT2D eigenvalue weighted by molar-refractivity contribution is -0.126. The van der Waals surface area contributed by atoms with Gasteiger partial charge in [0.05, 0.1) is 0 Å². The molecule has 2 atom stereocenters. The molecule has 20 heavy (non-hydrogen) atoms. The van der Waals surface area contributed by atoms with E-state index in [0.717, 1.165) is 32.1 Å². The van der Waals surface area contributed by atoms with Gasteiger partial charge in [0.15, 0.2) is 0 Å². The van der Waals surface area contributed by atoms with Gasteiger partial charge < -0.3 is 0 Å². The van der Waals surface area contributed by atoms with Gasteiger partial charge in [0.2, 0.25) is 0 Å². The van der Waals surface area contributed by atoms with Crippen LogP contribution in [0.15, 0.2) is 0 Å². The molecule has 0 amide bonds. The van der Waals surface area contributed by atoms with Crippen LogP contribution < -0.4 is 0 Å². The van der Waals surface area contributed by atoms with Crippen LogP contribution in [-0.2, 0) is 15.0 Å². The van der Waals surface area contributed by atoms with Crippen LogP contribution in [0, 0.1) is 5.92 Å². The molecule has 0 aromatic heterocycles. The van der Waals surface area contributed by atoms with Crippen LogP contribution >= 0.6 is 0 Å². The van der Waals surface area contributed by atoms with Gasteiger partial charge in [-0.05, 0) is 25.7 Å². The smallest absolute Gasteiger partial charge is 0.282 e. The fourth-order valence-corrected chi connectivity index (χ4v) is 5.47. The minimum Gasteiger partial charge on any atom is -0.299 e. The van der Waals surface area contributed by atoms with E-state index >= 15 is 0 Å². The van der Waals surface area contributed by atoms with Crippen LogP contribution in [-0.4, -0.2) is 48.5 Å². The number of hydrogen-bond acceptors (Lipinski definition) is 3. The van der Waals surface area contributed by atoms with Crippen molar-refractivity contribution in [3.8, 4) is 0 Å². The summed E-state index contributed by atoms with van der Waals surface area (Å²) >= 11 is 0. The maximum absolute atomic E-state index is 12.7. The number of rotatable bonds is 5. The number of carbonyl (C=O) groups is 1. The zero-order valence-corrected chi connectivity index (χ0v) is 13.4. The lowest BCUT2D eigenvalue weighted by atomic mass is 9.82. The van der Waals surface area contributed by atoms with Crippen molar-refractivity contribution in [3.63, 3.8) is 0 Å². The van der Waals surface area contributed by atoms with Crippen molar-refractivity contribution >= 4 is 16.0 Å². The van der Waals surface area contributed by atoms with E-state index in [1.807, 2.05) is 13.8 Å². The first kappa shape index (κ1) is 15.9. The predicted molar refractivity (Wildman–Crippen MR) is 78.5 cm³/mol. The SMILES string of the molecule is CCN(CC)S(=O)(=O)N1CCC[C@@H]1[C@H]1CCCCC1=O. The Morgan fingerprint density at radius 2 is 1.85 bits per heavy atom. The molecule has 2 fully saturated rings. The third-order valence-electron chi connectivity index (χ3n) is 4.64. The Bertz CT molecular complexity index is 445. The summed E-state index contributed by atoms with van der Waals surface area (Å²) in [6.45, 7) is 5.25. The van der Waals surface area contributed by atoms with Crippen molar-refractivity contribution in [2.75, 3.05) is 19.6 Å². The average Bonchev–Trinajstić information content (AvgIpc) is 2.90. The summed E-state index contributed by atoms with van der Waals surface area (Å²) in [5.74, 6) is 0.194. The van der Waals surface area contributed by atoms with Crippen LogP contribution in [0.1, 0.15) is 52.4 Å². The Morgan fingerprint density at radius 3 is 2.45 bits per heavy atom. The van der Waals surface area contributed by atoms with Gasteiger partial charge in [-0.2, -0.15) is 17.0 Å². The maximum atomic E-state index is 12.7. The van der Waals surface area contributed by atoms with Crippen molar-refractivity contribution in [3.05, 3.63) is 0 Å². The topological polar surface area (TPSA) is 57.7 Å². The largest absolute Gasteiger partial charge is 0.299 e. The lowest BCUT2D eigenvalue weighted by Gasteiger charge is -2.34. The molecule has 0 N–H and O–H groups in total. The Balaban J connectivity index is 2.20. The first-order chi connectivity index (χ1) is 9.52. The third kappa shape index (κ3) is 2.92. The molecular weight excluding hydrogens is 276 g/mol. The first-order valence-electron chi connectivity index (χ1n) is 7.82. The third-order valence-corrected chi connectivity index (χ3v) is 6.86. The highest BCUT2D eigenvalue weighted by Gasteiger charge is 2.43. The molecule has 6 heteroatoms. The Labute approximate surface area is 122 Å². The van der Waals surface area contributed by atoms with Gasteiger partial charge in [0.25, 0.3) is 10.2 Å². The van der Waals surface area contributed by atoms with Crippen LogP contribution in [0.3, 0.4) is 0 Å². The number of nitrogens with zero attached hydrogens (tertiary/aromatic N) is 2. The van der Waals surface area contributed by atoms with E-state index in [1.165, 1.54) is 4.31 Å². The fraction of sp³-hybridized carbons (Fsp3) is 0.929. The highest BCUT2D eigenvalue weighted by atomic mass is 32.2. The Kier molecular flexibility index (Phi) is 5.20. The second-order valence-electron chi connectivity index (χ2n) is 5.73. The number of ketones is 1. The number of carbonyl (C=O) groups excluding carboxylic acids is 1. The summed E-state index contributed by atoms with van der Waals surface area (Å²) in [6.07, 6.45) is 5.19. The van der Waals surface area contributed by atoms with Gasteiger partial charge in [-0.1, -0.05) is 20.3 Å². The Hall–Kier alpha value is -0.460. The van der Waals surface area contributed by atoms with Gasteiger partial charge in [-0.25, -0.2) is 0 Å². The van der Waals surface area contributed by atoms with E-state index in [4.69, 9.17) is 0 Å². The molecule has 1 saturated heterocycles. The van der Waals surface area contributed by atoms with Crippen molar-refractivity contribution < 1.29 is 13.2 Å². The van der Waals surface area contributed by atoms with Crippen LogP contribution in [0.2, 0.25) is 0 Å². The molecule has 1 aliphatic carbocycles. The summed E-state index contributed by atoms with van der Waals surface area (Å²) in [4.78, 5) is 12.1. The van der Waals surface area contributed by atoms with Crippen molar-refractivity contribution in [1.82, 2.24) is 8.61 Å². The van der Waals surface area contributed by atoms with E-state index < -0.39 is 10.2 Å². The van der Waals surface area contributed by atoms with Crippen LogP contribution in [0.5, 0.6) is 0 Å². The average molecular weight is 302 g/mol. The molecule has 1 aliphatic heterocycles. The monoisotopic (exact) mass is 302 g/mol. The minimum absolute atomic E-state index is 0.0726. The molecule has 5 nitrogen and oxygen atoms in total. The van der Waals surface area contributed by atoms with Gasteiger partial charge in [0.1, 0.15) is 5.78 Å². The maximum Gasteiger partial charge on any atom is 0.282 e. The highest BCUT2D eigenvalue weighted by molar-refractivity contribution is 7.86. The van der Waals surface area contributed by atoms with E-state index in [9.17, 15) is 13.2 Å². The zero-order chi connectivity index (χ0) is 14.8. The second kappa shape index (κ2) is 6.54. The van der Waals surface area contributed by atoms with E-state index in [-0.39, 0.29) is 17.7 Å². The minimum atomic E-state index is -3.41. The summed E-state index contributed by atoms with van der Waals surface area (Å²) in [5, 5.41) is 0. The van der Waals surface area contributed by atoms with Crippen molar-refractivity contribution in [1.29, 1.82) is 0 Å². The van der Waals surface area contributed by atoms with E-state index in [1.54, 1.807) is 4.31 Å². The highest BCUT2D eigenvalue weighted by Crippen LogP contribution is 2.34. The first-order valence-corrected chi connectivity index (χ1v) is 9.21. The van der Waals surface area contributed by atoms with Crippen LogP contribution in [0.4, 0.5) is 0 Å². The molecule has 2 aliphatic rings. The predicted octanol–water partition coefficient (Wildman–Crippen LogP) is 1.80. The normalized spacial score (nSPS) is 29.2. The zero-order valence-electron chi connectivity index (χ0n) is 12.5. The molecular formula is C14H26N2O3S. The summed E-state index contributed by atoms with van der Waals surface area (Å²) in [6, 6.07) is -0.103. The number of hydrogen-bond donors (Lipinski definition) is 0. The molecule has 0 aromatic rings. The molecule has 0 bridgehead atoms. The second-order valence-corrected chi connectivity index (χ2v) is 7.61. The van der Waals surface area contributed by atoms with Crippen molar-refractivity contribution in [2.24, 2.45) is 5.92 Å². The molecule has 0 spiro atoms. The molecule has 2 rings (SSSR count). The lowest BCUT2D eigenvalue weighted by Crippen LogP contribution is -2.49. The number of Topliss-reactive ketones (excluding diaryl/α,β-unsaturated/α-hetero) is 1. The van der Waals surface area contributed by atoms with Gasteiger partial charge in [-0.15, -0.1) is 0 Å². The standard InChI is InChI=1S/C14H26N2O3S/c1-3-15(4-2)20(18,19)16-11-7-9-13(16)12-8-5-6-10-14(12)17/h12-13H,3-11H2,1-2H3/t12-,13-/m1/s1. The van der Waals surface area contributed by atoms with Crippen molar-refractivity contribution in [2.45, 2.75) is 58.4 Å². The van der Waals surface area contributed by atoms with E-state index in [0.29, 0.717) is 26.1 Å². The molecule has 116 valence electrons. The Morgan fingerprint density at radius 1 is 1.15 bits per heavy atom. The summed E-state index contributed by atoms with van der Waals surface area (Å²) < 4.78 is 28.5. The van der Waals surface area contributed by atoms with Crippen LogP contribution in [0.25, 0.3) is 0 Å². The van der Waals surface area contributed by atoms with Gasteiger partial charge in [0, 0.05) is 38.0 Å². The summed E-state index contributed by atoms with van der Waals surface area (Å²) in [7, 11) is -3.41. The van der Waals surface area contributed by atoms with E-state index in [2.05, 4.69) is 0 Å². The molecule has 1 saturated carbocycles. The molecule has 1 heterocycles. The molecule has 0 aromatic carbocycles. The fourth-order valence-electron chi connectivity index (χ4n) is 3.57. The van der Waals surface area contributed by atoms with Gasteiger partial charge >= 0.3 is 0 Å². The quantitative estimate of drug-likeness (QED) is 0.778. The van der Waals surface area contributed by atoms with Gasteiger partial charge in [-0.3, -0.25) is 4.79 Å².